The Morgan fingerprint density at radius 2 is 1.80 bits per heavy atom. The van der Waals surface area contributed by atoms with Crippen molar-refractivity contribution in [2.75, 3.05) is 12.4 Å². The number of anilines is 1. The molecule has 0 aliphatic carbocycles. The molecule has 8 heteroatoms. The smallest absolute Gasteiger partial charge is 0.341 e. The van der Waals surface area contributed by atoms with Crippen molar-refractivity contribution < 1.29 is 14.3 Å². The van der Waals surface area contributed by atoms with E-state index in [4.69, 9.17) is 21.3 Å². The molecule has 5 rings (SSSR count). The predicted molar refractivity (Wildman–Crippen MR) is 144 cm³/mol. The van der Waals surface area contributed by atoms with Crippen molar-refractivity contribution >= 4 is 62.1 Å². The Morgan fingerprint density at radius 1 is 1.03 bits per heavy atom. The number of para-hydroxylation sites is 1. The number of carbonyl (C=O) groups is 2. The van der Waals surface area contributed by atoms with E-state index < -0.39 is 5.97 Å². The zero-order valence-electron chi connectivity index (χ0n) is 18.8. The maximum absolute atomic E-state index is 13.6. The van der Waals surface area contributed by atoms with E-state index in [1.165, 1.54) is 18.4 Å². The lowest BCUT2D eigenvalue weighted by atomic mass is 10.0. The van der Waals surface area contributed by atoms with E-state index in [1.54, 1.807) is 29.5 Å². The summed E-state index contributed by atoms with van der Waals surface area (Å²) in [7, 11) is 1.32. The van der Waals surface area contributed by atoms with Crippen LogP contribution in [-0.4, -0.2) is 24.0 Å². The van der Waals surface area contributed by atoms with Gasteiger partial charge in [-0.05, 0) is 48.9 Å². The number of nitrogens with zero attached hydrogens (tertiary/aromatic N) is 1. The quantitative estimate of drug-likeness (QED) is 0.242. The first-order valence-electron chi connectivity index (χ1n) is 10.7. The Morgan fingerprint density at radius 3 is 2.51 bits per heavy atom. The molecule has 0 saturated carbocycles. The van der Waals surface area contributed by atoms with E-state index in [2.05, 4.69) is 5.32 Å². The van der Waals surface area contributed by atoms with E-state index in [-0.39, 0.29) is 5.91 Å². The lowest BCUT2D eigenvalue weighted by Gasteiger charge is -2.11. The van der Waals surface area contributed by atoms with Crippen LogP contribution in [0.15, 0.2) is 72.1 Å². The van der Waals surface area contributed by atoms with E-state index in [1.807, 2.05) is 60.8 Å². The Balaban J connectivity index is 1.58. The molecule has 0 radical (unpaired) electrons. The molecular formula is C27H19ClN2O3S2. The largest absolute Gasteiger partial charge is 0.465 e. The summed E-state index contributed by atoms with van der Waals surface area (Å²) in [6.07, 6.45) is 0. The first-order chi connectivity index (χ1) is 16.9. The molecule has 1 amide bonds. The van der Waals surface area contributed by atoms with Gasteiger partial charge in [-0.25, -0.2) is 9.78 Å². The number of methoxy groups -OCH3 is 1. The monoisotopic (exact) mass is 518 g/mol. The molecule has 0 saturated heterocycles. The molecule has 35 heavy (non-hydrogen) atoms. The number of carbonyl (C=O) groups excluding carboxylic acids is 2. The minimum Gasteiger partial charge on any atom is -0.465 e. The summed E-state index contributed by atoms with van der Waals surface area (Å²) >= 11 is 8.92. The summed E-state index contributed by atoms with van der Waals surface area (Å²) in [5, 5.41) is 6.52. The molecular weight excluding hydrogens is 500 g/mol. The maximum atomic E-state index is 13.6. The first kappa shape index (κ1) is 23.2. The number of thiophene rings is 2. The number of fused-ring (bicyclic) bond motifs is 1. The van der Waals surface area contributed by atoms with Crippen LogP contribution in [0.4, 0.5) is 5.00 Å². The van der Waals surface area contributed by atoms with E-state index >= 15 is 0 Å². The third-order valence-corrected chi connectivity index (χ3v) is 7.69. The number of esters is 1. The number of hydrogen-bond acceptors (Lipinski definition) is 6. The summed E-state index contributed by atoms with van der Waals surface area (Å²) in [5.41, 5.74) is 3.71. The molecule has 0 fully saturated rings. The average Bonchev–Trinajstić information content (AvgIpc) is 3.49. The topological polar surface area (TPSA) is 68.3 Å². The van der Waals surface area contributed by atoms with Crippen LogP contribution in [0.3, 0.4) is 0 Å². The molecule has 5 aromatic rings. The molecule has 0 unspecified atom stereocenters. The molecule has 3 heterocycles. The second-order valence-electron chi connectivity index (χ2n) is 7.79. The van der Waals surface area contributed by atoms with Crippen LogP contribution >= 0.6 is 34.3 Å². The summed E-state index contributed by atoms with van der Waals surface area (Å²) < 4.78 is 5.04. The molecule has 0 atom stereocenters. The van der Waals surface area contributed by atoms with Gasteiger partial charge < -0.3 is 10.1 Å². The molecule has 0 aliphatic heterocycles. The van der Waals surface area contributed by atoms with Crippen molar-refractivity contribution in [2.45, 2.75) is 6.92 Å². The second kappa shape index (κ2) is 9.62. The van der Waals surface area contributed by atoms with E-state index in [9.17, 15) is 9.59 Å². The Kier molecular flexibility index (Phi) is 6.38. The standard InChI is InChI=1S/C27H19ClN2O3S2/c1-15-7-12-23(35-15)22-13-19(18-5-3-4-6-21(18)29-22)25(31)30-26-24(27(32)33-2)20(14-34-26)16-8-10-17(28)11-9-16/h3-14H,1-2H3,(H,30,31). The minimum atomic E-state index is -0.527. The van der Waals surface area contributed by atoms with Crippen LogP contribution in [0.1, 0.15) is 25.6 Å². The molecule has 0 spiro atoms. The minimum absolute atomic E-state index is 0.306. The fourth-order valence-electron chi connectivity index (χ4n) is 3.83. The molecule has 5 nitrogen and oxygen atoms in total. The van der Waals surface area contributed by atoms with Gasteiger partial charge >= 0.3 is 5.97 Å². The highest BCUT2D eigenvalue weighted by atomic mass is 35.5. The van der Waals surface area contributed by atoms with Gasteiger partial charge in [-0.1, -0.05) is 41.9 Å². The third-order valence-electron chi connectivity index (χ3n) is 5.52. The van der Waals surface area contributed by atoms with Crippen molar-refractivity contribution in [3.63, 3.8) is 0 Å². The second-order valence-corrected chi connectivity index (χ2v) is 10.4. The van der Waals surface area contributed by atoms with Crippen LogP contribution in [0.5, 0.6) is 0 Å². The molecule has 3 aromatic heterocycles. The Labute approximate surface area is 215 Å². The lowest BCUT2D eigenvalue weighted by molar-refractivity contribution is 0.0603. The number of pyridine rings is 1. The van der Waals surface area contributed by atoms with Crippen LogP contribution in [0, 0.1) is 6.92 Å². The van der Waals surface area contributed by atoms with Crippen molar-refractivity contribution in [1.29, 1.82) is 0 Å². The first-order valence-corrected chi connectivity index (χ1v) is 12.8. The number of aryl methyl sites for hydroxylation is 1. The normalized spacial score (nSPS) is 10.9. The number of ether oxygens (including phenoxy) is 1. The highest BCUT2D eigenvalue weighted by Gasteiger charge is 2.24. The van der Waals surface area contributed by atoms with Gasteiger partial charge in [0.05, 0.1) is 28.8 Å². The van der Waals surface area contributed by atoms with Gasteiger partial charge in [0.15, 0.2) is 0 Å². The zero-order chi connectivity index (χ0) is 24.5. The maximum Gasteiger partial charge on any atom is 0.341 e. The summed E-state index contributed by atoms with van der Waals surface area (Å²) in [6, 6.07) is 20.5. The highest BCUT2D eigenvalue weighted by molar-refractivity contribution is 7.15. The summed E-state index contributed by atoms with van der Waals surface area (Å²) in [6.45, 7) is 2.03. The van der Waals surface area contributed by atoms with E-state index in [0.717, 1.165) is 31.9 Å². The fourth-order valence-corrected chi connectivity index (χ4v) is 5.74. The lowest BCUT2D eigenvalue weighted by Crippen LogP contribution is -2.15. The fraction of sp³-hybridized carbons (Fsp3) is 0.0741. The Hall–Kier alpha value is -3.52. The number of halogens is 1. The van der Waals surface area contributed by atoms with Crippen LogP contribution in [0.2, 0.25) is 5.02 Å². The number of amides is 1. The zero-order valence-corrected chi connectivity index (χ0v) is 21.2. The third kappa shape index (κ3) is 4.58. The van der Waals surface area contributed by atoms with Crippen LogP contribution in [0.25, 0.3) is 32.6 Å². The van der Waals surface area contributed by atoms with E-state index in [0.29, 0.717) is 26.7 Å². The SMILES string of the molecule is COC(=O)c1c(-c2ccc(Cl)cc2)csc1NC(=O)c1cc(-c2ccc(C)s2)nc2ccccc12. The van der Waals surface area contributed by atoms with Crippen molar-refractivity contribution in [1.82, 2.24) is 4.98 Å². The van der Waals surface area contributed by atoms with Gasteiger partial charge in [-0.15, -0.1) is 22.7 Å². The number of aromatic nitrogens is 1. The van der Waals surface area contributed by atoms with Crippen LogP contribution in [-0.2, 0) is 4.74 Å². The van der Waals surface area contributed by atoms with Crippen LogP contribution < -0.4 is 5.32 Å². The van der Waals surface area contributed by atoms with Gasteiger partial charge in [0, 0.05) is 26.2 Å². The molecule has 0 aliphatic rings. The number of benzene rings is 2. The summed E-state index contributed by atoms with van der Waals surface area (Å²) in [4.78, 5) is 33.2. The number of hydrogen-bond donors (Lipinski definition) is 1. The van der Waals surface area contributed by atoms with Crippen molar-refractivity contribution in [3.05, 3.63) is 93.1 Å². The van der Waals surface area contributed by atoms with Gasteiger partial charge in [0.2, 0.25) is 0 Å². The average molecular weight is 519 g/mol. The summed E-state index contributed by atoms with van der Waals surface area (Å²) in [5.74, 6) is -0.853. The van der Waals surface area contributed by atoms with Gasteiger partial charge in [0.25, 0.3) is 5.91 Å². The highest BCUT2D eigenvalue weighted by Crippen LogP contribution is 2.37. The van der Waals surface area contributed by atoms with Crippen molar-refractivity contribution in [2.24, 2.45) is 0 Å². The number of rotatable bonds is 5. The molecule has 1 N–H and O–H groups in total. The molecule has 174 valence electrons. The molecule has 0 bridgehead atoms. The predicted octanol–water partition coefficient (Wildman–Crippen LogP) is 7.69. The van der Waals surface area contributed by atoms with Crippen molar-refractivity contribution in [3.8, 4) is 21.7 Å². The number of nitrogens with one attached hydrogen (secondary N) is 1. The van der Waals surface area contributed by atoms with Gasteiger partial charge in [-0.3, -0.25) is 4.79 Å². The van der Waals surface area contributed by atoms with Gasteiger partial charge in [0.1, 0.15) is 10.6 Å². The Bertz CT molecular complexity index is 1570. The molecule has 2 aromatic carbocycles. The van der Waals surface area contributed by atoms with Gasteiger partial charge in [-0.2, -0.15) is 0 Å².